The van der Waals surface area contributed by atoms with Crippen LogP contribution >= 0.6 is 11.8 Å². The van der Waals surface area contributed by atoms with E-state index in [9.17, 15) is 24.3 Å². The number of aromatic nitrogens is 3. The van der Waals surface area contributed by atoms with Crippen LogP contribution < -0.4 is 0 Å². The summed E-state index contributed by atoms with van der Waals surface area (Å²) in [7, 11) is 0. The van der Waals surface area contributed by atoms with Crippen molar-refractivity contribution >= 4 is 35.6 Å². The minimum atomic E-state index is -1.55. The van der Waals surface area contributed by atoms with Crippen molar-refractivity contribution in [3.8, 4) is 0 Å². The monoisotopic (exact) mass is 749 g/mol. The van der Waals surface area contributed by atoms with E-state index >= 15 is 0 Å². The van der Waals surface area contributed by atoms with Crippen molar-refractivity contribution in [1.82, 2.24) is 15.2 Å². The highest BCUT2D eigenvalue weighted by molar-refractivity contribution is 7.99. The summed E-state index contributed by atoms with van der Waals surface area (Å²) in [6.07, 6.45) is 7.92. The molecular formula is C39H63N3O9S. The number of ether oxygens (including phenoxy) is 4. The molecule has 3 fully saturated rings. The van der Waals surface area contributed by atoms with Gasteiger partial charge in [-0.3, -0.25) is 24.3 Å². The van der Waals surface area contributed by atoms with Gasteiger partial charge in [0.25, 0.3) is 0 Å². The summed E-state index contributed by atoms with van der Waals surface area (Å²) < 4.78 is 23.5. The molecule has 2 N–H and O–H groups in total. The number of fused-ring (bicyclic) bond motifs is 5. The number of carboxylic acid groups (broad SMARTS) is 1. The maximum atomic E-state index is 14.1. The molecule has 4 rings (SSSR count). The Labute approximate surface area is 314 Å². The van der Waals surface area contributed by atoms with Gasteiger partial charge in [-0.05, 0) is 137 Å². The van der Waals surface area contributed by atoms with Crippen molar-refractivity contribution in [2.24, 2.45) is 45.3 Å². The van der Waals surface area contributed by atoms with Gasteiger partial charge in [0, 0.05) is 12.4 Å². The molecule has 12 nitrogen and oxygen atoms in total. The summed E-state index contributed by atoms with van der Waals surface area (Å²) >= 11 is 1.53. The van der Waals surface area contributed by atoms with Gasteiger partial charge in [-0.2, -0.15) is 5.10 Å². The fraction of sp³-hybridized carbons (Fsp3) is 0.846. The molecule has 0 aromatic carbocycles. The normalized spacial score (nSPS) is 26.1. The van der Waals surface area contributed by atoms with Crippen LogP contribution in [0.15, 0.2) is 11.5 Å². The van der Waals surface area contributed by atoms with Crippen LogP contribution in [-0.2, 0) is 38.1 Å². The first kappa shape index (κ1) is 42.1. The molecule has 3 aliphatic rings. The average Bonchev–Trinajstić information content (AvgIpc) is 3.85. The largest absolute Gasteiger partial charge is 0.481 e. The second kappa shape index (κ2) is 16.8. The van der Waals surface area contributed by atoms with Gasteiger partial charge in [0.05, 0.1) is 28.3 Å². The van der Waals surface area contributed by atoms with Crippen LogP contribution in [-0.4, -0.2) is 81.4 Å². The smallest absolute Gasteiger partial charge is 0.312 e. The summed E-state index contributed by atoms with van der Waals surface area (Å²) in [5.74, 6) is 0.537. The number of carboxylic acids is 1. The van der Waals surface area contributed by atoms with Gasteiger partial charge in [0.2, 0.25) is 0 Å². The van der Waals surface area contributed by atoms with E-state index < -0.39 is 45.2 Å². The Hall–Kier alpha value is -2.67. The van der Waals surface area contributed by atoms with E-state index in [2.05, 4.69) is 15.2 Å². The Morgan fingerprint density at radius 2 is 1.54 bits per heavy atom. The lowest BCUT2D eigenvalue weighted by molar-refractivity contribution is -0.175. The fourth-order valence-electron chi connectivity index (χ4n) is 9.43. The van der Waals surface area contributed by atoms with Crippen molar-refractivity contribution in [1.29, 1.82) is 0 Å². The van der Waals surface area contributed by atoms with E-state index in [1.54, 1.807) is 55.4 Å². The number of H-pyrrole nitrogens is 1. The summed E-state index contributed by atoms with van der Waals surface area (Å²) in [5, 5.41) is 18.1. The van der Waals surface area contributed by atoms with Gasteiger partial charge in [0.15, 0.2) is 5.16 Å². The zero-order valence-corrected chi connectivity index (χ0v) is 33.7. The molecule has 0 aliphatic heterocycles. The van der Waals surface area contributed by atoms with Crippen molar-refractivity contribution in [3.63, 3.8) is 0 Å². The molecule has 0 spiro atoms. The highest BCUT2D eigenvalue weighted by Crippen LogP contribution is 2.60. The number of hydrogen-bond donors (Lipinski definition) is 2. The summed E-state index contributed by atoms with van der Waals surface area (Å²) in [4.78, 5) is 58.8. The first-order valence-electron chi connectivity index (χ1n) is 19.1. The number of aliphatic carboxylic acids is 1. The van der Waals surface area contributed by atoms with Gasteiger partial charge in [-0.25, -0.2) is 4.98 Å². The summed E-state index contributed by atoms with van der Waals surface area (Å²) in [5.41, 5.74) is -5.99. The van der Waals surface area contributed by atoms with E-state index in [0.717, 1.165) is 36.1 Å². The first-order valence-corrected chi connectivity index (χ1v) is 20.1. The van der Waals surface area contributed by atoms with Crippen LogP contribution in [0.2, 0.25) is 0 Å². The molecule has 52 heavy (non-hydrogen) atoms. The van der Waals surface area contributed by atoms with Gasteiger partial charge >= 0.3 is 23.9 Å². The lowest BCUT2D eigenvalue weighted by Crippen LogP contribution is -2.47. The second-order valence-electron chi connectivity index (χ2n) is 18.1. The quantitative estimate of drug-likeness (QED) is 0.0593. The number of rotatable bonds is 20. The van der Waals surface area contributed by atoms with Gasteiger partial charge in [-0.1, -0.05) is 25.1 Å². The highest BCUT2D eigenvalue weighted by Gasteiger charge is 2.57. The van der Waals surface area contributed by atoms with E-state index in [0.29, 0.717) is 30.8 Å². The zero-order chi connectivity index (χ0) is 38.5. The molecule has 3 saturated carbocycles. The number of aromatic amines is 1. The van der Waals surface area contributed by atoms with E-state index in [4.69, 9.17) is 18.9 Å². The van der Waals surface area contributed by atoms with Crippen molar-refractivity contribution in [2.75, 3.05) is 25.6 Å². The molecule has 13 heteroatoms. The summed E-state index contributed by atoms with van der Waals surface area (Å²) in [6.45, 7) is 16.2. The molecular weight excluding hydrogens is 687 g/mol. The minimum Gasteiger partial charge on any atom is -0.481 e. The van der Waals surface area contributed by atoms with Crippen LogP contribution in [0, 0.1) is 45.3 Å². The van der Waals surface area contributed by atoms with E-state index in [1.165, 1.54) is 37.4 Å². The Morgan fingerprint density at radius 1 is 0.846 bits per heavy atom. The number of hydrogen-bond acceptors (Lipinski definition) is 11. The highest BCUT2D eigenvalue weighted by atomic mass is 32.2. The molecule has 1 heterocycles. The standard InChI is InChI=1S/C39H63N3O9S/c1-10-37(7,33(47)51-35(2,3)4)22-38(8,30(43)44)23-39(9,32(46)49-17-16-48-15-12-18-52-34-40-24-41-42-34)21-36(5,6)31(45)50-29-20-25-19-28(29)27-14-11-13-26(25)27/h24-29H,10-23H2,1-9H3,(H,43,44)(H,40,41,42). The molecule has 0 radical (unpaired) electrons. The van der Waals surface area contributed by atoms with Crippen LogP contribution in [0.1, 0.15) is 127 Å². The fourth-order valence-corrected chi connectivity index (χ4v) is 10.1. The lowest BCUT2D eigenvalue weighted by Gasteiger charge is -2.42. The third-order valence-corrected chi connectivity index (χ3v) is 12.7. The molecule has 8 atom stereocenters. The third-order valence-electron chi connectivity index (χ3n) is 11.8. The maximum absolute atomic E-state index is 14.1. The van der Waals surface area contributed by atoms with Crippen LogP contribution in [0.5, 0.6) is 0 Å². The molecule has 1 aromatic heterocycles. The number of nitrogens with one attached hydrogen (secondary N) is 1. The lowest BCUT2D eigenvalue weighted by atomic mass is 9.61. The Balaban J connectivity index is 1.47. The predicted molar refractivity (Wildman–Crippen MR) is 196 cm³/mol. The maximum Gasteiger partial charge on any atom is 0.312 e. The molecule has 1 aromatic rings. The predicted octanol–water partition coefficient (Wildman–Crippen LogP) is 7.27. The van der Waals surface area contributed by atoms with Crippen LogP contribution in [0.25, 0.3) is 0 Å². The molecule has 8 unspecified atom stereocenters. The Morgan fingerprint density at radius 3 is 2.17 bits per heavy atom. The molecule has 0 saturated heterocycles. The number of esters is 3. The topological polar surface area (TPSA) is 167 Å². The Kier molecular flexibility index (Phi) is 13.6. The average molecular weight is 750 g/mol. The van der Waals surface area contributed by atoms with Crippen molar-refractivity contribution < 1.29 is 43.2 Å². The van der Waals surface area contributed by atoms with E-state index in [-0.39, 0.29) is 44.5 Å². The first-order chi connectivity index (χ1) is 24.2. The van der Waals surface area contributed by atoms with E-state index in [1.807, 2.05) is 6.92 Å². The SMILES string of the molecule is CCC(C)(CC(C)(CC(C)(CC(C)(C)C(=O)OC1CC2CC1C1CCCC21)C(=O)OCCOCCCSc1ncn[nH]1)C(=O)O)C(=O)OC(C)(C)C. The van der Waals surface area contributed by atoms with Crippen LogP contribution in [0.4, 0.5) is 0 Å². The number of nitrogens with zero attached hydrogens (tertiary/aromatic N) is 2. The number of carbonyl (C=O) groups is 4. The zero-order valence-electron chi connectivity index (χ0n) is 32.9. The van der Waals surface area contributed by atoms with Crippen molar-refractivity contribution in [3.05, 3.63) is 6.33 Å². The third kappa shape index (κ3) is 10.3. The van der Waals surface area contributed by atoms with Gasteiger partial charge < -0.3 is 24.1 Å². The number of carbonyl (C=O) groups excluding carboxylic acids is 3. The number of thioether (sulfide) groups is 1. The second-order valence-corrected chi connectivity index (χ2v) is 19.2. The minimum absolute atomic E-state index is 0.00238. The Bertz CT molecular complexity index is 1400. The van der Waals surface area contributed by atoms with Gasteiger partial charge in [0.1, 0.15) is 24.6 Å². The molecule has 0 amide bonds. The molecule has 2 bridgehead atoms. The van der Waals surface area contributed by atoms with Crippen LogP contribution in [0.3, 0.4) is 0 Å². The van der Waals surface area contributed by atoms with Crippen molar-refractivity contribution in [2.45, 2.75) is 143 Å². The molecule has 294 valence electrons. The summed E-state index contributed by atoms with van der Waals surface area (Å²) in [6, 6.07) is 0. The van der Waals surface area contributed by atoms with Gasteiger partial charge in [-0.15, -0.1) is 0 Å². The molecule has 3 aliphatic carbocycles.